The number of carbonyl (C=O) groups is 1. The summed E-state index contributed by atoms with van der Waals surface area (Å²) < 4.78 is 13.8. The molecule has 0 saturated carbocycles. The fourth-order valence-corrected chi connectivity index (χ4v) is 3.24. The van der Waals surface area contributed by atoms with Crippen molar-refractivity contribution in [3.63, 3.8) is 0 Å². The highest BCUT2D eigenvalue weighted by molar-refractivity contribution is 9.09. The molecule has 1 aromatic carbocycles. The van der Waals surface area contributed by atoms with Crippen molar-refractivity contribution in [2.45, 2.75) is 38.6 Å². The van der Waals surface area contributed by atoms with Crippen molar-refractivity contribution < 1.29 is 9.18 Å². The fraction of sp³-hybridized carbons (Fsp3) is 0.533. The van der Waals surface area contributed by atoms with Crippen LogP contribution >= 0.6 is 15.9 Å². The van der Waals surface area contributed by atoms with Gasteiger partial charge in [-0.25, -0.2) is 4.39 Å². The van der Waals surface area contributed by atoms with Crippen LogP contribution in [-0.2, 0) is 0 Å². The van der Waals surface area contributed by atoms with Gasteiger partial charge >= 0.3 is 0 Å². The van der Waals surface area contributed by atoms with Gasteiger partial charge in [0.05, 0.1) is 5.56 Å². The van der Waals surface area contributed by atoms with Crippen molar-refractivity contribution in [2.24, 2.45) is 0 Å². The van der Waals surface area contributed by atoms with Gasteiger partial charge in [0.2, 0.25) is 0 Å². The van der Waals surface area contributed by atoms with Gasteiger partial charge in [0.25, 0.3) is 5.91 Å². The van der Waals surface area contributed by atoms with E-state index in [-0.39, 0.29) is 17.5 Å². The summed E-state index contributed by atoms with van der Waals surface area (Å²) in [6.45, 7) is 2.60. The molecule has 1 aromatic rings. The molecule has 0 N–H and O–H groups in total. The first kappa shape index (κ1) is 14.5. The van der Waals surface area contributed by atoms with E-state index in [2.05, 4.69) is 15.9 Å². The maximum Gasteiger partial charge on any atom is 0.257 e. The standard InChI is InChI=1S/C15H19BrFNO/c1-11-6-7-14(17)13(9-11)15(19)18-8-4-2-3-5-12(18)10-16/h6-7,9,12H,2-5,8,10H2,1H3. The topological polar surface area (TPSA) is 20.3 Å². The Morgan fingerprint density at radius 1 is 1.42 bits per heavy atom. The van der Waals surface area contributed by atoms with Crippen LogP contribution < -0.4 is 0 Å². The molecule has 19 heavy (non-hydrogen) atoms. The van der Waals surface area contributed by atoms with Crippen molar-refractivity contribution in [1.82, 2.24) is 4.90 Å². The Balaban J connectivity index is 2.27. The van der Waals surface area contributed by atoms with E-state index >= 15 is 0 Å². The average Bonchev–Trinajstić information content (AvgIpc) is 2.65. The number of nitrogens with zero attached hydrogens (tertiary/aromatic N) is 1. The molecule has 0 aromatic heterocycles. The van der Waals surface area contributed by atoms with Crippen LogP contribution in [0.2, 0.25) is 0 Å². The van der Waals surface area contributed by atoms with Gasteiger partial charge in [0.15, 0.2) is 0 Å². The van der Waals surface area contributed by atoms with E-state index in [1.54, 1.807) is 12.1 Å². The molecule has 1 heterocycles. The van der Waals surface area contributed by atoms with Crippen LogP contribution in [0.15, 0.2) is 18.2 Å². The molecule has 1 unspecified atom stereocenters. The Labute approximate surface area is 122 Å². The Hall–Kier alpha value is -0.900. The van der Waals surface area contributed by atoms with Gasteiger partial charge in [-0.1, -0.05) is 40.4 Å². The largest absolute Gasteiger partial charge is 0.335 e. The molecule has 2 rings (SSSR count). The summed E-state index contributed by atoms with van der Waals surface area (Å²) in [7, 11) is 0. The number of likely N-dealkylation sites (tertiary alicyclic amines) is 1. The van der Waals surface area contributed by atoms with E-state index in [9.17, 15) is 9.18 Å². The molecule has 0 radical (unpaired) electrons. The number of amides is 1. The van der Waals surface area contributed by atoms with Crippen molar-refractivity contribution in [3.05, 3.63) is 35.1 Å². The smallest absolute Gasteiger partial charge is 0.257 e. The Morgan fingerprint density at radius 3 is 2.95 bits per heavy atom. The lowest BCUT2D eigenvalue weighted by atomic mass is 10.1. The minimum absolute atomic E-state index is 0.174. The van der Waals surface area contributed by atoms with Crippen LogP contribution in [0.1, 0.15) is 41.6 Å². The molecular weight excluding hydrogens is 309 g/mol. The first-order valence-electron chi connectivity index (χ1n) is 6.76. The first-order chi connectivity index (χ1) is 9.13. The van der Waals surface area contributed by atoms with Crippen molar-refractivity contribution in [2.75, 3.05) is 11.9 Å². The van der Waals surface area contributed by atoms with Gasteiger partial charge in [-0.2, -0.15) is 0 Å². The Bertz CT molecular complexity index is 463. The predicted octanol–water partition coefficient (Wildman–Crippen LogP) is 3.91. The zero-order chi connectivity index (χ0) is 13.8. The zero-order valence-corrected chi connectivity index (χ0v) is 12.7. The van der Waals surface area contributed by atoms with Crippen LogP contribution in [0.3, 0.4) is 0 Å². The summed E-state index contributed by atoms with van der Waals surface area (Å²) >= 11 is 3.47. The number of alkyl halides is 1. The summed E-state index contributed by atoms with van der Waals surface area (Å²) in [5.41, 5.74) is 1.11. The van der Waals surface area contributed by atoms with E-state index in [1.807, 2.05) is 11.8 Å². The Morgan fingerprint density at radius 2 is 2.21 bits per heavy atom. The minimum atomic E-state index is -0.423. The van der Waals surface area contributed by atoms with E-state index in [0.29, 0.717) is 0 Å². The third kappa shape index (κ3) is 3.35. The van der Waals surface area contributed by atoms with Crippen molar-refractivity contribution in [3.8, 4) is 0 Å². The summed E-state index contributed by atoms with van der Waals surface area (Å²) in [6.07, 6.45) is 4.27. The number of halogens is 2. The molecule has 1 aliphatic heterocycles. The quantitative estimate of drug-likeness (QED) is 0.754. The molecule has 0 bridgehead atoms. The summed E-state index contributed by atoms with van der Waals surface area (Å²) in [5, 5.41) is 0.756. The van der Waals surface area contributed by atoms with Crippen molar-refractivity contribution in [1.29, 1.82) is 0 Å². The van der Waals surface area contributed by atoms with Crippen LogP contribution in [0, 0.1) is 12.7 Å². The molecule has 1 amide bonds. The molecular formula is C15H19BrFNO. The molecule has 104 valence electrons. The van der Waals surface area contributed by atoms with Crippen LogP contribution in [-0.4, -0.2) is 28.7 Å². The van der Waals surface area contributed by atoms with Gasteiger partial charge in [-0.3, -0.25) is 4.79 Å². The highest BCUT2D eigenvalue weighted by atomic mass is 79.9. The zero-order valence-electron chi connectivity index (χ0n) is 11.2. The minimum Gasteiger partial charge on any atom is -0.335 e. The third-order valence-corrected chi connectivity index (χ3v) is 4.42. The number of rotatable bonds is 2. The molecule has 4 heteroatoms. The number of benzene rings is 1. The monoisotopic (exact) mass is 327 g/mol. The lowest BCUT2D eigenvalue weighted by Crippen LogP contribution is -2.41. The lowest BCUT2D eigenvalue weighted by molar-refractivity contribution is 0.0697. The second kappa shape index (κ2) is 6.51. The van der Waals surface area contributed by atoms with Crippen LogP contribution in [0.5, 0.6) is 0 Å². The molecule has 1 atom stereocenters. The van der Waals surface area contributed by atoms with Crippen molar-refractivity contribution >= 4 is 21.8 Å². The second-order valence-electron chi connectivity index (χ2n) is 5.14. The number of hydrogen-bond acceptors (Lipinski definition) is 1. The molecule has 2 nitrogen and oxygen atoms in total. The molecule has 1 fully saturated rings. The van der Waals surface area contributed by atoms with Crippen LogP contribution in [0.25, 0.3) is 0 Å². The average molecular weight is 328 g/mol. The molecule has 0 aliphatic carbocycles. The fourth-order valence-electron chi connectivity index (χ4n) is 2.56. The number of carbonyl (C=O) groups excluding carboxylic acids is 1. The maximum absolute atomic E-state index is 13.8. The van der Waals surface area contributed by atoms with Gasteiger partial charge in [-0.05, 0) is 31.9 Å². The first-order valence-corrected chi connectivity index (χ1v) is 7.88. The summed E-state index contributed by atoms with van der Waals surface area (Å²) in [6, 6.07) is 4.89. The van der Waals surface area contributed by atoms with Gasteiger partial charge in [-0.15, -0.1) is 0 Å². The van der Waals surface area contributed by atoms with E-state index < -0.39 is 5.82 Å². The third-order valence-electron chi connectivity index (χ3n) is 3.67. The predicted molar refractivity (Wildman–Crippen MR) is 78.2 cm³/mol. The highest BCUT2D eigenvalue weighted by Crippen LogP contribution is 2.22. The van der Waals surface area contributed by atoms with E-state index in [1.165, 1.54) is 6.07 Å². The van der Waals surface area contributed by atoms with Gasteiger partial charge in [0.1, 0.15) is 5.82 Å². The number of hydrogen-bond donors (Lipinski definition) is 0. The molecule has 1 aliphatic rings. The summed E-state index contributed by atoms with van der Waals surface area (Å²) in [5.74, 6) is -0.597. The van der Waals surface area contributed by atoms with Gasteiger partial charge < -0.3 is 4.90 Å². The number of aryl methyl sites for hydroxylation is 1. The SMILES string of the molecule is Cc1ccc(F)c(C(=O)N2CCCCCC2CBr)c1. The normalized spacial score (nSPS) is 20.2. The maximum atomic E-state index is 13.8. The van der Waals surface area contributed by atoms with E-state index in [4.69, 9.17) is 0 Å². The van der Waals surface area contributed by atoms with E-state index in [0.717, 1.165) is 43.1 Å². The lowest BCUT2D eigenvalue weighted by Gasteiger charge is -2.29. The second-order valence-corrected chi connectivity index (χ2v) is 5.79. The molecule has 0 spiro atoms. The van der Waals surface area contributed by atoms with Gasteiger partial charge in [0, 0.05) is 17.9 Å². The summed E-state index contributed by atoms with van der Waals surface area (Å²) in [4.78, 5) is 14.4. The highest BCUT2D eigenvalue weighted by Gasteiger charge is 2.27. The van der Waals surface area contributed by atoms with Crippen LogP contribution in [0.4, 0.5) is 4.39 Å². The molecule has 1 saturated heterocycles. The Kier molecular flexibility index (Phi) is 4.97.